The lowest BCUT2D eigenvalue weighted by Gasteiger charge is -2.41. The topological polar surface area (TPSA) is 175 Å². The first kappa shape index (κ1) is 71.2. The Bertz CT molecular complexity index is 1310. The van der Waals surface area contributed by atoms with Crippen molar-refractivity contribution in [1.82, 2.24) is 5.32 Å². The van der Waals surface area contributed by atoms with Crippen molar-refractivity contribution < 1.29 is 49.3 Å². The van der Waals surface area contributed by atoms with E-state index in [1.807, 2.05) is 6.08 Å². The zero-order chi connectivity index (χ0) is 54.7. The third-order valence-corrected chi connectivity index (χ3v) is 15.4. The summed E-state index contributed by atoms with van der Waals surface area (Å²) in [7, 11) is 0. The van der Waals surface area contributed by atoms with Gasteiger partial charge in [0.1, 0.15) is 24.4 Å². The maximum absolute atomic E-state index is 13.3. The van der Waals surface area contributed by atoms with Crippen LogP contribution in [0.4, 0.5) is 0 Å². The molecule has 0 aromatic carbocycles. The highest BCUT2D eigenvalue weighted by molar-refractivity contribution is 5.80. The summed E-state index contributed by atoms with van der Waals surface area (Å²) >= 11 is 0. The predicted molar refractivity (Wildman–Crippen MR) is 311 cm³/mol. The van der Waals surface area contributed by atoms with Gasteiger partial charge >= 0.3 is 5.97 Å². The third-order valence-electron chi connectivity index (χ3n) is 15.4. The number of carbonyl (C=O) groups is 2. The van der Waals surface area contributed by atoms with Crippen LogP contribution in [0.3, 0.4) is 0 Å². The highest BCUT2D eigenvalue weighted by atomic mass is 16.7. The van der Waals surface area contributed by atoms with Crippen molar-refractivity contribution in [2.45, 2.75) is 359 Å². The van der Waals surface area contributed by atoms with Crippen molar-refractivity contribution in [3.05, 3.63) is 24.3 Å². The number of hydrogen-bond donors (Lipinski definition) is 6. The number of esters is 1. The molecule has 1 rings (SSSR count). The van der Waals surface area contributed by atoms with Crippen molar-refractivity contribution in [1.29, 1.82) is 0 Å². The summed E-state index contributed by atoms with van der Waals surface area (Å²) < 4.78 is 17.6. The van der Waals surface area contributed by atoms with E-state index in [4.69, 9.17) is 14.2 Å². The van der Waals surface area contributed by atoms with Crippen LogP contribution in [0.15, 0.2) is 24.3 Å². The number of hydrogen-bond acceptors (Lipinski definition) is 10. The molecule has 11 heteroatoms. The molecular formula is C64H121NO10. The minimum Gasteiger partial charge on any atom is -0.454 e. The maximum Gasteiger partial charge on any atom is 0.306 e. The van der Waals surface area contributed by atoms with Crippen molar-refractivity contribution in [3.8, 4) is 0 Å². The normalized spacial score (nSPS) is 19.3. The summed E-state index contributed by atoms with van der Waals surface area (Å²) in [6, 6.07) is -1.02. The van der Waals surface area contributed by atoms with Gasteiger partial charge < -0.3 is 45.1 Å². The molecule has 1 amide bonds. The van der Waals surface area contributed by atoms with Gasteiger partial charge in [-0.05, 0) is 44.9 Å². The molecule has 75 heavy (non-hydrogen) atoms. The highest BCUT2D eigenvalue weighted by Gasteiger charge is 2.47. The number of aliphatic hydroxyl groups is 5. The van der Waals surface area contributed by atoms with Gasteiger partial charge in [0, 0.05) is 6.42 Å². The molecular weight excluding hydrogens is 943 g/mol. The number of allylic oxidation sites excluding steroid dienone is 3. The van der Waals surface area contributed by atoms with Gasteiger partial charge in [0.05, 0.1) is 25.4 Å². The fourth-order valence-electron chi connectivity index (χ4n) is 10.2. The SMILES string of the molecule is CCCC/C=C\CCCCCCC(O)C(=O)NC(COC1OC(CO)C(O)C(O)C1OC(=O)CCCCCCCCCCCCCCCCCCCCCCCCCCC)C(O)/C=C/CCCCCCCCCCC. The zero-order valence-corrected chi connectivity index (χ0v) is 48.9. The molecule has 1 aliphatic rings. The van der Waals surface area contributed by atoms with Crippen molar-refractivity contribution in [2.75, 3.05) is 13.2 Å². The van der Waals surface area contributed by atoms with Crippen LogP contribution in [0, 0.1) is 0 Å². The first-order valence-corrected chi connectivity index (χ1v) is 32.1. The van der Waals surface area contributed by atoms with Crippen LogP contribution in [0.1, 0.15) is 310 Å². The number of aliphatic hydroxyl groups excluding tert-OH is 5. The summed E-state index contributed by atoms with van der Waals surface area (Å²) in [5.74, 6) is -1.19. The molecule has 1 heterocycles. The lowest BCUT2D eigenvalue weighted by atomic mass is 9.99. The average molecular weight is 1060 g/mol. The summed E-state index contributed by atoms with van der Waals surface area (Å²) in [6.45, 7) is 5.75. The Kier molecular flexibility index (Phi) is 50.1. The predicted octanol–water partition coefficient (Wildman–Crippen LogP) is 15.3. The zero-order valence-electron chi connectivity index (χ0n) is 48.9. The summed E-state index contributed by atoms with van der Waals surface area (Å²) in [5, 5.41) is 56.8. The number of unbranched alkanes of at least 4 members (excludes halogenated alkanes) is 39. The highest BCUT2D eigenvalue weighted by Crippen LogP contribution is 2.26. The second-order valence-corrected chi connectivity index (χ2v) is 22.5. The first-order valence-electron chi connectivity index (χ1n) is 32.1. The number of carbonyl (C=O) groups excluding carboxylic acids is 2. The molecule has 8 atom stereocenters. The fraction of sp³-hybridized carbons (Fsp3) is 0.906. The lowest BCUT2D eigenvalue weighted by Crippen LogP contribution is -2.61. The van der Waals surface area contributed by atoms with Crippen molar-refractivity contribution >= 4 is 11.9 Å². The standard InChI is InChI=1S/C64H121NO10/c1-4-7-10-13-16-19-22-23-24-25-26-27-28-29-30-31-32-33-34-35-37-40-43-46-49-52-59(69)75-62-61(71)60(70)58(53-66)74-64(62)73-54-55(56(67)50-47-44-41-39-36-20-17-14-11-8-5-2)65-63(72)57(68)51-48-45-42-38-21-18-15-12-9-6-3/h15,18,47,50,55-58,60-62,64,66-68,70-71H,4-14,16-17,19-46,48-49,51-54H2,1-3H3,(H,65,72)/b18-15-,50-47+. The molecule has 1 aliphatic heterocycles. The van der Waals surface area contributed by atoms with Gasteiger partial charge in [-0.15, -0.1) is 0 Å². The number of ether oxygens (including phenoxy) is 3. The summed E-state index contributed by atoms with van der Waals surface area (Å²) in [6.07, 6.45) is 51.1. The molecule has 442 valence electrons. The molecule has 11 nitrogen and oxygen atoms in total. The first-order chi connectivity index (χ1) is 36.7. The Morgan fingerprint density at radius 1 is 0.507 bits per heavy atom. The maximum atomic E-state index is 13.3. The van der Waals surface area contributed by atoms with Crippen LogP contribution < -0.4 is 5.32 Å². The van der Waals surface area contributed by atoms with E-state index < -0.39 is 67.4 Å². The van der Waals surface area contributed by atoms with Crippen LogP contribution in [0.25, 0.3) is 0 Å². The van der Waals surface area contributed by atoms with Crippen molar-refractivity contribution in [2.24, 2.45) is 0 Å². The minimum absolute atomic E-state index is 0.129. The van der Waals surface area contributed by atoms with Crippen LogP contribution in [0.5, 0.6) is 0 Å². The molecule has 0 aromatic heterocycles. The van der Waals surface area contributed by atoms with Crippen LogP contribution in [0.2, 0.25) is 0 Å². The number of nitrogens with one attached hydrogen (secondary N) is 1. The number of rotatable bonds is 55. The van der Waals surface area contributed by atoms with Gasteiger partial charge in [0.2, 0.25) is 5.91 Å². The van der Waals surface area contributed by atoms with Gasteiger partial charge in [0.15, 0.2) is 12.4 Å². The average Bonchev–Trinajstić information content (AvgIpc) is 3.41. The van der Waals surface area contributed by atoms with E-state index in [0.29, 0.717) is 12.8 Å². The second-order valence-electron chi connectivity index (χ2n) is 22.5. The van der Waals surface area contributed by atoms with E-state index in [-0.39, 0.29) is 19.4 Å². The molecule has 0 bridgehead atoms. The third kappa shape index (κ3) is 40.9. The molecule has 8 unspecified atom stereocenters. The minimum atomic E-state index is -1.61. The van der Waals surface area contributed by atoms with Gasteiger partial charge in [-0.3, -0.25) is 9.59 Å². The van der Waals surface area contributed by atoms with Crippen LogP contribution >= 0.6 is 0 Å². The van der Waals surface area contributed by atoms with E-state index in [0.717, 1.165) is 70.6 Å². The van der Waals surface area contributed by atoms with E-state index in [1.54, 1.807) is 6.08 Å². The Hall–Kier alpha value is -1.86. The van der Waals surface area contributed by atoms with Gasteiger partial charge in [-0.2, -0.15) is 0 Å². The van der Waals surface area contributed by atoms with E-state index in [1.165, 1.54) is 193 Å². The van der Waals surface area contributed by atoms with Crippen LogP contribution in [-0.2, 0) is 23.8 Å². The molecule has 0 radical (unpaired) electrons. The van der Waals surface area contributed by atoms with E-state index in [2.05, 4.69) is 38.2 Å². The molecule has 0 aromatic rings. The van der Waals surface area contributed by atoms with Gasteiger partial charge in [0.25, 0.3) is 0 Å². The summed E-state index contributed by atoms with van der Waals surface area (Å²) in [5.41, 5.74) is 0. The smallest absolute Gasteiger partial charge is 0.306 e. The summed E-state index contributed by atoms with van der Waals surface area (Å²) in [4.78, 5) is 26.5. The van der Waals surface area contributed by atoms with Gasteiger partial charge in [-0.25, -0.2) is 0 Å². The molecule has 0 spiro atoms. The molecule has 6 N–H and O–H groups in total. The number of amides is 1. The Morgan fingerprint density at radius 2 is 0.893 bits per heavy atom. The Balaban J connectivity index is 2.52. The Morgan fingerprint density at radius 3 is 1.33 bits per heavy atom. The molecule has 1 saturated heterocycles. The van der Waals surface area contributed by atoms with Crippen LogP contribution in [-0.4, -0.2) is 99.6 Å². The molecule has 0 saturated carbocycles. The quantitative estimate of drug-likeness (QED) is 0.0195. The largest absolute Gasteiger partial charge is 0.454 e. The second kappa shape index (κ2) is 52.8. The fourth-order valence-corrected chi connectivity index (χ4v) is 10.2. The van der Waals surface area contributed by atoms with Crippen molar-refractivity contribution in [3.63, 3.8) is 0 Å². The molecule has 1 fully saturated rings. The van der Waals surface area contributed by atoms with Gasteiger partial charge in [-0.1, -0.05) is 283 Å². The van der Waals surface area contributed by atoms with E-state index in [9.17, 15) is 35.1 Å². The Labute approximate surface area is 461 Å². The monoisotopic (exact) mass is 1060 g/mol. The lowest BCUT2D eigenvalue weighted by molar-refractivity contribution is -0.305. The van der Waals surface area contributed by atoms with E-state index >= 15 is 0 Å². The molecule has 0 aliphatic carbocycles.